The minimum Gasteiger partial charge on any atom is -0.454 e. The molecule has 0 aliphatic rings. The van der Waals surface area contributed by atoms with Crippen LogP contribution in [-0.4, -0.2) is 38.4 Å². The second-order valence-corrected chi connectivity index (χ2v) is 6.99. The summed E-state index contributed by atoms with van der Waals surface area (Å²) in [7, 11) is -0.914. The largest absolute Gasteiger partial charge is 0.454 e. The third-order valence-electron chi connectivity index (χ3n) is 1.92. The van der Waals surface area contributed by atoms with E-state index < -0.39 is 21.6 Å². The van der Waals surface area contributed by atoms with Gasteiger partial charge in [0.25, 0.3) is 10.0 Å². The first-order chi connectivity index (χ1) is 8.04. The molecule has 0 saturated heterocycles. The Morgan fingerprint density at radius 2 is 1.83 bits per heavy atom. The van der Waals surface area contributed by atoms with Crippen molar-refractivity contribution in [3.63, 3.8) is 0 Å². The second kappa shape index (κ2) is 4.74. The summed E-state index contributed by atoms with van der Waals surface area (Å²) in [6.45, 7) is 5.14. The van der Waals surface area contributed by atoms with E-state index in [9.17, 15) is 13.2 Å². The Morgan fingerprint density at radius 3 is 2.28 bits per heavy atom. The zero-order valence-corrected chi connectivity index (χ0v) is 11.9. The van der Waals surface area contributed by atoms with Crippen LogP contribution in [0.25, 0.3) is 0 Å². The summed E-state index contributed by atoms with van der Waals surface area (Å²) in [5.41, 5.74) is -0.662. The lowest BCUT2D eigenvalue weighted by atomic mass is 10.2. The standard InChI is InChI=1S/C11H17NO5S/c1-11(2,3)17-10(13)8-6-7-9(16-8)18(14,15)12(4)5/h6-7H,1-5H3. The maximum Gasteiger partial charge on any atom is 0.374 e. The maximum atomic E-state index is 11.7. The van der Waals surface area contributed by atoms with Gasteiger partial charge in [-0.3, -0.25) is 0 Å². The maximum absolute atomic E-state index is 11.7. The number of sulfonamides is 1. The zero-order valence-electron chi connectivity index (χ0n) is 11.1. The quantitative estimate of drug-likeness (QED) is 0.781. The van der Waals surface area contributed by atoms with Gasteiger partial charge in [-0.15, -0.1) is 0 Å². The molecule has 0 aliphatic carbocycles. The Kier molecular flexibility index (Phi) is 3.87. The third kappa shape index (κ3) is 3.33. The lowest BCUT2D eigenvalue weighted by Crippen LogP contribution is -2.24. The van der Waals surface area contributed by atoms with Gasteiger partial charge in [-0.25, -0.2) is 17.5 Å². The summed E-state index contributed by atoms with van der Waals surface area (Å²) >= 11 is 0. The molecule has 0 saturated carbocycles. The first kappa shape index (κ1) is 14.7. The fourth-order valence-electron chi connectivity index (χ4n) is 1.08. The summed E-state index contributed by atoms with van der Waals surface area (Å²) in [5, 5.41) is -0.284. The minimum atomic E-state index is -3.67. The highest BCUT2D eigenvalue weighted by atomic mass is 32.2. The third-order valence-corrected chi connectivity index (χ3v) is 3.61. The Balaban J connectivity index is 2.98. The molecule has 6 nitrogen and oxygen atoms in total. The van der Waals surface area contributed by atoms with Crippen LogP contribution in [0.4, 0.5) is 0 Å². The number of hydrogen-bond acceptors (Lipinski definition) is 5. The number of esters is 1. The van der Waals surface area contributed by atoms with Crippen molar-refractivity contribution in [1.29, 1.82) is 0 Å². The normalized spacial score (nSPS) is 12.8. The van der Waals surface area contributed by atoms with Crippen molar-refractivity contribution < 1.29 is 22.4 Å². The molecule has 1 heterocycles. The summed E-state index contributed by atoms with van der Waals surface area (Å²) in [4.78, 5) is 11.6. The van der Waals surface area contributed by atoms with E-state index in [1.165, 1.54) is 26.2 Å². The molecule has 0 atom stereocenters. The monoisotopic (exact) mass is 275 g/mol. The highest BCUT2D eigenvalue weighted by molar-refractivity contribution is 7.88. The molecule has 0 N–H and O–H groups in total. The predicted octanol–water partition coefficient (Wildman–Crippen LogP) is 1.49. The number of rotatable bonds is 3. The molecule has 0 aromatic carbocycles. The highest BCUT2D eigenvalue weighted by Gasteiger charge is 2.25. The number of carbonyl (C=O) groups is 1. The van der Waals surface area contributed by atoms with Gasteiger partial charge in [0.05, 0.1) is 0 Å². The first-order valence-electron chi connectivity index (χ1n) is 5.30. The van der Waals surface area contributed by atoms with Crippen molar-refractivity contribution in [2.75, 3.05) is 14.1 Å². The molecule has 0 radical (unpaired) electrons. The van der Waals surface area contributed by atoms with Crippen molar-refractivity contribution in [2.24, 2.45) is 0 Å². The number of hydrogen-bond donors (Lipinski definition) is 0. The molecule has 7 heteroatoms. The van der Waals surface area contributed by atoms with Gasteiger partial charge in [0.2, 0.25) is 10.9 Å². The van der Waals surface area contributed by atoms with Crippen molar-refractivity contribution >= 4 is 16.0 Å². The van der Waals surface area contributed by atoms with Crippen LogP contribution in [0.2, 0.25) is 0 Å². The molecule has 18 heavy (non-hydrogen) atoms. The molecule has 1 aromatic heterocycles. The van der Waals surface area contributed by atoms with Gasteiger partial charge in [0, 0.05) is 14.1 Å². The molecular weight excluding hydrogens is 258 g/mol. The number of carbonyl (C=O) groups excluding carboxylic acids is 1. The van der Waals surface area contributed by atoms with Crippen LogP contribution in [0.15, 0.2) is 21.6 Å². The van der Waals surface area contributed by atoms with Crippen molar-refractivity contribution in [3.8, 4) is 0 Å². The van der Waals surface area contributed by atoms with Crippen LogP contribution in [0.3, 0.4) is 0 Å². The van der Waals surface area contributed by atoms with Gasteiger partial charge in [-0.05, 0) is 32.9 Å². The van der Waals surface area contributed by atoms with Gasteiger partial charge >= 0.3 is 5.97 Å². The van der Waals surface area contributed by atoms with E-state index in [0.29, 0.717) is 0 Å². The number of furan rings is 1. The summed E-state index contributed by atoms with van der Waals surface area (Å²) < 4.78 is 34.6. The SMILES string of the molecule is CN(C)S(=O)(=O)c1ccc(C(=O)OC(C)(C)C)o1. The van der Waals surface area contributed by atoms with Crippen LogP contribution in [-0.2, 0) is 14.8 Å². The van der Waals surface area contributed by atoms with E-state index >= 15 is 0 Å². The molecule has 1 rings (SSSR count). The Hall–Kier alpha value is -1.34. The lowest BCUT2D eigenvalue weighted by Gasteiger charge is -2.18. The van der Waals surface area contributed by atoms with E-state index in [4.69, 9.17) is 9.15 Å². The zero-order chi connectivity index (χ0) is 14.1. The fourth-order valence-corrected chi connectivity index (χ4v) is 1.87. The van der Waals surface area contributed by atoms with E-state index in [0.717, 1.165) is 4.31 Å². The van der Waals surface area contributed by atoms with E-state index in [2.05, 4.69) is 0 Å². The van der Waals surface area contributed by atoms with Crippen LogP contribution >= 0.6 is 0 Å². The first-order valence-corrected chi connectivity index (χ1v) is 6.74. The van der Waals surface area contributed by atoms with E-state index in [1.54, 1.807) is 20.8 Å². The fraction of sp³-hybridized carbons (Fsp3) is 0.545. The Morgan fingerprint density at radius 1 is 1.28 bits per heavy atom. The Labute approximate surface area is 107 Å². The molecule has 0 amide bonds. The van der Waals surface area contributed by atoms with Crippen LogP contribution in [0.1, 0.15) is 31.3 Å². The van der Waals surface area contributed by atoms with Crippen LogP contribution < -0.4 is 0 Å². The van der Waals surface area contributed by atoms with Crippen molar-refractivity contribution in [1.82, 2.24) is 4.31 Å². The molecule has 102 valence electrons. The Bertz CT molecular complexity index is 536. The van der Waals surface area contributed by atoms with Gasteiger partial charge < -0.3 is 9.15 Å². The average Bonchev–Trinajstić information content (AvgIpc) is 2.63. The number of nitrogens with zero attached hydrogens (tertiary/aromatic N) is 1. The van der Waals surface area contributed by atoms with E-state index in [-0.39, 0.29) is 10.9 Å². The van der Waals surface area contributed by atoms with Gasteiger partial charge in [-0.1, -0.05) is 0 Å². The molecule has 0 spiro atoms. The summed E-state index contributed by atoms with van der Waals surface area (Å²) in [5.74, 6) is -0.826. The van der Waals surface area contributed by atoms with Gasteiger partial charge in [0.15, 0.2) is 0 Å². The highest BCUT2D eigenvalue weighted by Crippen LogP contribution is 2.19. The van der Waals surface area contributed by atoms with Crippen LogP contribution in [0.5, 0.6) is 0 Å². The molecule has 0 fully saturated rings. The second-order valence-electron chi connectivity index (χ2n) is 4.91. The van der Waals surface area contributed by atoms with E-state index in [1.807, 2.05) is 0 Å². The lowest BCUT2D eigenvalue weighted by molar-refractivity contribution is 0.00310. The molecule has 1 aromatic rings. The number of ether oxygens (including phenoxy) is 1. The smallest absolute Gasteiger partial charge is 0.374 e. The van der Waals surface area contributed by atoms with Gasteiger partial charge in [0.1, 0.15) is 5.60 Å². The minimum absolute atomic E-state index is 0.134. The molecular formula is C11H17NO5S. The molecule has 0 aliphatic heterocycles. The predicted molar refractivity (Wildman–Crippen MR) is 64.7 cm³/mol. The van der Waals surface area contributed by atoms with Crippen LogP contribution in [0, 0.1) is 0 Å². The average molecular weight is 275 g/mol. The van der Waals surface area contributed by atoms with Crippen molar-refractivity contribution in [3.05, 3.63) is 17.9 Å². The summed E-state index contributed by atoms with van der Waals surface area (Å²) in [6.07, 6.45) is 0. The summed E-state index contributed by atoms with van der Waals surface area (Å²) in [6, 6.07) is 2.51. The molecule has 0 bridgehead atoms. The van der Waals surface area contributed by atoms with Crippen molar-refractivity contribution in [2.45, 2.75) is 31.5 Å². The molecule has 0 unspecified atom stereocenters. The topological polar surface area (TPSA) is 76.8 Å². The van der Waals surface area contributed by atoms with Gasteiger partial charge in [-0.2, -0.15) is 0 Å².